The molecular weight excluding hydrogens is 212 g/mol. The predicted molar refractivity (Wildman–Crippen MR) is 67.6 cm³/mol. The fourth-order valence-electron chi connectivity index (χ4n) is 4.00. The van der Waals surface area contributed by atoms with Crippen molar-refractivity contribution in [3.05, 3.63) is 24.5 Å². The third-order valence-electron chi connectivity index (χ3n) is 5.40. The third kappa shape index (κ3) is 1.20. The van der Waals surface area contributed by atoms with E-state index in [0.29, 0.717) is 5.92 Å². The first-order valence-corrected chi connectivity index (χ1v) is 6.57. The quantitative estimate of drug-likeness (QED) is 0.647. The summed E-state index contributed by atoms with van der Waals surface area (Å²) in [6.07, 6.45) is 7.37. The Morgan fingerprint density at radius 1 is 1.41 bits per heavy atom. The lowest BCUT2D eigenvalue weighted by molar-refractivity contribution is -0.123. The Hall–Kier alpha value is -0.760. The van der Waals surface area contributed by atoms with Crippen molar-refractivity contribution in [1.29, 1.82) is 0 Å². The topological polar surface area (TPSA) is 18.5 Å². The molecule has 0 N–H and O–H groups in total. The molecule has 2 heterocycles. The molecule has 3 rings (SSSR count). The monoisotopic (exact) mass is 234 g/mol. The van der Waals surface area contributed by atoms with Gasteiger partial charge in [-0.15, -0.1) is 0 Å². The Morgan fingerprint density at radius 2 is 2.18 bits per heavy atom. The number of hydrogen-bond donors (Lipinski definition) is 0. The molecule has 0 bridgehead atoms. The molecule has 2 fully saturated rings. The van der Waals surface area contributed by atoms with E-state index in [4.69, 9.17) is 9.47 Å². The van der Waals surface area contributed by atoms with Crippen LogP contribution in [0.5, 0.6) is 0 Å². The average Bonchev–Trinajstić information content (AvgIpc) is 2.69. The highest BCUT2D eigenvalue weighted by Gasteiger charge is 2.69. The Kier molecular flexibility index (Phi) is 2.11. The van der Waals surface area contributed by atoms with E-state index in [9.17, 15) is 0 Å². The van der Waals surface area contributed by atoms with Crippen molar-refractivity contribution in [3.8, 4) is 0 Å². The van der Waals surface area contributed by atoms with Gasteiger partial charge in [-0.05, 0) is 45.1 Å². The molecule has 0 amide bonds. The molecule has 0 aromatic rings. The van der Waals surface area contributed by atoms with Gasteiger partial charge in [0.15, 0.2) is 0 Å². The van der Waals surface area contributed by atoms with Crippen LogP contribution in [0.3, 0.4) is 0 Å². The number of allylic oxidation sites excluding steroid dienone is 1. The summed E-state index contributed by atoms with van der Waals surface area (Å²) in [4.78, 5) is 0. The van der Waals surface area contributed by atoms with E-state index >= 15 is 0 Å². The maximum Gasteiger partial charge on any atom is 0.148 e. The largest absolute Gasteiger partial charge is 0.491 e. The van der Waals surface area contributed by atoms with Crippen LogP contribution < -0.4 is 0 Å². The smallest absolute Gasteiger partial charge is 0.148 e. The standard InChI is InChI=1S/C15H22O2/c1-11(2)12-5-6-13(3)10-17-14(4)7-8-16-15(13,14)9-12/h7-8,12H,1,5-6,9-10H2,2-4H3. The molecule has 0 radical (unpaired) electrons. The second-order valence-corrected chi connectivity index (χ2v) is 6.49. The number of ether oxygens (including phenoxy) is 2. The molecule has 0 aromatic carbocycles. The normalized spacial score (nSPS) is 51.8. The fraction of sp³-hybridized carbons (Fsp3) is 0.733. The molecular formula is C15H22O2. The van der Waals surface area contributed by atoms with Gasteiger partial charge in [-0.3, -0.25) is 0 Å². The summed E-state index contributed by atoms with van der Waals surface area (Å²) < 4.78 is 12.2. The van der Waals surface area contributed by atoms with E-state index in [-0.39, 0.29) is 16.6 Å². The van der Waals surface area contributed by atoms with Gasteiger partial charge in [-0.1, -0.05) is 19.1 Å². The summed E-state index contributed by atoms with van der Waals surface area (Å²) in [6, 6.07) is 0. The molecule has 4 unspecified atom stereocenters. The van der Waals surface area contributed by atoms with E-state index in [1.165, 1.54) is 18.4 Å². The highest BCUT2D eigenvalue weighted by atomic mass is 16.6. The lowest BCUT2D eigenvalue weighted by Crippen LogP contribution is -2.57. The van der Waals surface area contributed by atoms with Crippen LogP contribution >= 0.6 is 0 Å². The van der Waals surface area contributed by atoms with Crippen molar-refractivity contribution in [2.45, 2.75) is 51.2 Å². The van der Waals surface area contributed by atoms with Crippen LogP contribution in [0.1, 0.15) is 40.0 Å². The zero-order valence-electron chi connectivity index (χ0n) is 11.1. The fourth-order valence-corrected chi connectivity index (χ4v) is 4.00. The van der Waals surface area contributed by atoms with Gasteiger partial charge in [-0.2, -0.15) is 0 Å². The van der Waals surface area contributed by atoms with E-state index in [0.717, 1.165) is 13.0 Å². The summed E-state index contributed by atoms with van der Waals surface area (Å²) in [5, 5.41) is 0. The lowest BCUT2D eigenvalue weighted by Gasteiger charge is -2.50. The molecule has 2 nitrogen and oxygen atoms in total. The molecule has 3 aliphatic rings. The van der Waals surface area contributed by atoms with E-state index in [1.54, 1.807) is 0 Å². The molecule has 0 aromatic heterocycles. The summed E-state index contributed by atoms with van der Waals surface area (Å²) in [6.45, 7) is 11.6. The van der Waals surface area contributed by atoms with Crippen molar-refractivity contribution >= 4 is 0 Å². The molecule has 94 valence electrons. The number of rotatable bonds is 1. The van der Waals surface area contributed by atoms with Crippen LogP contribution in [0.4, 0.5) is 0 Å². The minimum atomic E-state index is -0.240. The molecule has 2 heteroatoms. The van der Waals surface area contributed by atoms with Gasteiger partial charge in [0, 0.05) is 5.41 Å². The van der Waals surface area contributed by atoms with Crippen molar-refractivity contribution in [2.24, 2.45) is 11.3 Å². The highest BCUT2D eigenvalue weighted by molar-refractivity contribution is 5.28. The Labute approximate surface area is 104 Å². The number of hydrogen-bond acceptors (Lipinski definition) is 2. The van der Waals surface area contributed by atoms with Gasteiger partial charge in [0.25, 0.3) is 0 Å². The molecule has 1 saturated carbocycles. The maximum atomic E-state index is 6.11. The van der Waals surface area contributed by atoms with Crippen molar-refractivity contribution < 1.29 is 9.47 Å². The Balaban J connectivity index is 2.01. The first-order valence-electron chi connectivity index (χ1n) is 6.57. The SMILES string of the molecule is C=C(C)C1CCC2(C)COC3(C)C=COC23C1. The van der Waals surface area contributed by atoms with Crippen LogP contribution in [-0.4, -0.2) is 17.8 Å². The summed E-state index contributed by atoms with van der Waals surface area (Å²) >= 11 is 0. The van der Waals surface area contributed by atoms with E-state index in [2.05, 4.69) is 33.4 Å². The summed E-state index contributed by atoms with van der Waals surface area (Å²) in [5.41, 5.74) is 1.03. The average molecular weight is 234 g/mol. The van der Waals surface area contributed by atoms with Crippen LogP contribution in [-0.2, 0) is 9.47 Å². The Morgan fingerprint density at radius 3 is 2.88 bits per heavy atom. The second kappa shape index (κ2) is 3.17. The minimum Gasteiger partial charge on any atom is -0.491 e. The van der Waals surface area contributed by atoms with Crippen molar-refractivity contribution in [1.82, 2.24) is 0 Å². The molecule has 17 heavy (non-hydrogen) atoms. The van der Waals surface area contributed by atoms with Gasteiger partial charge in [0.1, 0.15) is 11.2 Å². The molecule has 1 saturated heterocycles. The van der Waals surface area contributed by atoms with Crippen LogP contribution in [0.15, 0.2) is 24.5 Å². The van der Waals surface area contributed by atoms with Gasteiger partial charge in [0.05, 0.1) is 12.9 Å². The van der Waals surface area contributed by atoms with Crippen LogP contribution in [0, 0.1) is 11.3 Å². The van der Waals surface area contributed by atoms with Gasteiger partial charge >= 0.3 is 0 Å². The van der Waals surface area contributed by atoms with Gasteiger partial charge in [0.2, 0.25) is 0 Å². The third-order valence-corrected chi connectivity index (χ3v) is 5.40. The second-order valence-electron chi connectivity index (χ2n) is 6.49. The first kappa shape index (κ1) is 11.3. The zero-order chi connectivity index (χ0) is 12.3. The summed E-state index contributed by atoms with van der Waals surface area (Å²) in [7, 11) is 0. The van der Waals surface area contributed by atoms with Crippen LogP contribution in [0.2, 0.25) is 0 Å². The molecule has 1 aliphatic carbocycles. The van der Waals surface area contributed by atoms with Crippen molar-refractivity contribution in [2.75, 3.05) is 6.61 Å². The van der Waals surface area contributed by atoms with Crippen molar-refractivity contribution in [3.63, 3.8) is 0 Å². The van der Waals surface area contributed by atoms with Crippen LogP contribution in [0.25, 0.3) is 0 Å². The molecule has 1 spiro atoms. The minimum absolute atomic E-state index is 0.150. The molecule has 2 aliphatic heterocycles. The van der Waals surface area contributed by atoms with Gasteiger partial charge in [-0.25, -0.2) is 0 Å². The zero-order valence-corrected chi connectivity index (χ0v) is 11.1. The first-order chi connectivity index (χ1) is 7.93. The maximum absolute atomic E-state index is 6.11. The highest BCUT2D eigenvalue weighted by Crippen LogP contribution is 2.62. The van der Waals surface area contributed by atoms with E-state index in [1.807, 2.05) is 6.26 Å². The van der Waals surface area contributed by atoms with Gasteiger partial charge < -0.3 is 9.47 Å². The van der Waals surface area contributed by atoms with E-state index < -0.39 is 0 Å². The molecule has 4 atom stereocenters. The Bertz CT molecular complexity index is 400. The predicted octanol–water partition coefficient (Wildman–Crippen LogP) is 3.44. The summed E-state index contributed by atoms with van der Waals surface area (Å²) in [5.74, 6) is 0.573. The lowest BCUT2D eigenvalue weighted by atomic mass is 9.57.